The fourth-order valence-corrected chi connectivity index (χ4v) is 4.22. The largest absolute Gasteiger partial charge is 0.357 e. The number of fused-ring (bicyclic) bond motifs is 1. The van der Waals surface area contributed by atoms with Gasteiger partial charge in [0.1, 0.15) is 0 Å². The highest BCUT2D eigenvalue weighted by molar-refractivity contribution is 14.0. The first kappa shape index (κ1) is 19.4. The van der Waals surface area contributed by atoms with Crippen LogP contribution in [-0.2, 0) is 6.54 Å². The first-order chi connectivity index (χ1) is 11.2. The monoisotopic (exact) mass is 458 g/mol. The van der Waals surface area contributed by atoms with Gasteiger partial charge >= 0.3 is 0 Å². The smallest absolute Gasteiger partial charge is 0.191 e. The number of hydrogen-bond donors (Lipinski definition) is 3. The van der Waals surface area contributed by atoms with Gasteiger partial charge in [-0.2, -0.15) is 11.8 Å². The third kappa shape index (κ3) is 5.05. The molecule has 0 spiro atoms. The lowest BCUT2D eigenvalue weighted by molar-refractivity contribution is 0.584. The van der Waals surface area contributed by atoms with E-state index >= 15 is 0 Å². The van der Waals surface area contributed by atoms with Gasteiger partial charge in [-0.05, 0) is 50.0 Å². The second-order valence-electron chi connectivity index (χ2n) is 6.33. The number of aromatic nitrogens is 1. The molecule has 0 saturated carbocycles. The second kappa shape index (κ2) is 8.99. The number of benzene rings is 1. The Morgan fingerprint density at radius 1 is 1.33 bits per heavy atom. The van der Waals surface area contributed by atoms with E-state index in [0.717, 1.165) is 24.7 Å². The van der Waals surface area contributed by atoms with Crippen molar-refractivity contribution in [1.29, 1.82) is 0 Å². The summed E-state index contributed by atoms with van der Waals surface area (Å²) in [5.41, 5.74) is 2.32. The molecule has 3 N–H and O–H groups in total. The summed E-state index contributed by atoms with van der Waals surface area (Å²) in [6, 6.07) is 10.5. The van der Waals surface area contributed by atoms with Crippen molar-refractivity contribution in [3.8, 4) is 0 Å². The van der Waals surface area contributed by atoms with E-state index in [0.29, 0.717) is 11.3 Å². The van der Waals surface area contributed by atoms with Crippen molar-refractivity contribution in [1.82, 2.24) is 15.6 Å². The summed E-state index contributed by atoms with van der Waals surface area (Å²) < 4.78 is 0.345. The molecule has 2 heterocycles. The molecular weight excluding hydrogens is 431 g/mol. The predicted octanol–water partition coefficient (Wildman–Crippen LogP) is 4.13. The van der Waals surface area contributed by atoms with E-state index in [1.165, 1.54) is 29.5 Å². The zero-order valence-electron chi connectivity index (χ0n) is 14.4. The summed E-state index contributed by atoms with van der Waals surface area (Å²) in [6.07, 6.45) is 2.61. The lowest BCUT2D eigenvalue weighted by atomic mass is 10.1. The lowest BCUT2D eigenvalue weighted by Crippen LogP contribution is -2.43. The van der Waals surface area contributed by atoms with Crippen molar-refractivity contribution in [2.24, 2.45) is 4.99 Å². The molecule has 1 saturated heterocycles. The molecule has 2 aromatic rings. The molecule has 1 aromatic heterocycles. The standard InChI is InChI=1S/C18H26N4S.HI/c1-3-19-17(21-13-18(2)9-6-10-23-18)20-12-15-11-14-7-4-5-8-16(14)22-15;/h4-5,7-8,11,22H,3,6,9-10,12-13H2,1-2H3,(H2,19,20,21);1H. The van der Waals surface area contributed by atoms with Crippen LogP contribution in [0.2, 0.25) is 0 Å². The number of rotatable bonds is 5. The molecule has 6 heteroatoms. The molecule has 4 nitrogen and oxygen atoms in total. The summed E-state index contributed by atoms with van der Waals surface area (Å²) in [5, 5.41) is 8.10. The van der Waals surface area contributed by atoms with Crippen LogP contribution in [0.25, 0.3) is 10.9 Å². The van der Waals surface area contributed by atoms with E-state index in [1.807, 2.05) is 0 Å². The number of aliphatic imine (C=N–C) groups is 1. The lowest BCUT2D eigenvalue weighted by Gasteiger charge is -2.24. The summed E-state index contributed by atoms with van der Waals surface area (Å²) in [7, 11) is 0. The molecule has 1 unspecified atom stereocenters. The minimum atomic E-state index is 0. The maximum Gasteiger partial charge on any atom is 0.191 e. The van der Waals surface area contributed by atoms with Crippen molar-refractivity contribution in [2.75, 3.05) is 18.8 Å². The van der Waals surface area contributed by atoms with Crippen LogP contribution < -0.4 is 10.6 Å². The topological polar surface area (TPSA) is 52.2 Å². The Balaban J connectivity index is 0.00000208. The summed E-state index contributed by atoms with van der Waals surface area (Å²) in [6.45, 7) is 6.96. The Labute approximate surface area is 165 Å². The van der Waals surface area contributed by atoms with Crippen molar-refractivity contribution >= 4 is 52.6 Å². The van der Waals surface area contributed by atoms with E-state index in [-0.39, 0.29) is 24.0 Å². The highest BCUT2D eigenvalue weighted by Crippen LogP contribution is 2.36. The Kier molecular flexibility index (Phi) is 7.28. The first-order valence-electron chi connectivity index (χ1n) is 8.41. The van der Waals surface area contributed by atoms with Crippen LogP contribution in [0.15, 0.2) is 35.3 Å². The molecule has 1 aliphatic heterocycles. The maximum absolute atomic E-state index is 4.72. The fraction of sp³-hybridized carbons (Fsp3) is 0.500. The fourth-order valence-electron chi connectivity index (χ4n) is 2.97. The second-order valence-corrected chi connectivity index (χ2v) is 8.01. The normalized spacial score (nSPS) is 20.8. The zero-order valence-corrected chi connectivity index (χ0v) is 17.5. The molecule has 1 fully saturated rings. The molecule has 1 aromatic carbocycles. The van der Waals surface area contributed by atoms with Crippen LogP contribution in [0.5, 0.6) is 0 Å². The average Bonchev–Trinajstić information content (AvgIpc) is 3.16. The number of thioether (sulfide) groups is 1. The van der Waals surface area contributed by atoms with Crippen molar-refractivity contribution in [2.45, 2.75) is 38.0 Å². The van der Waals surface area contributed by atoms with Gasteiger partial charge in [-0.1, -0.05) is 18.2 Å². The molecule has 24 heavy (non-hydrogen) atoms. The first-order valence-corrected chi connectivity index (χ1v) is 9.40. The minimum Gasteiger partial charge on any atom is -0.357 e. The van der Waals surface area contributed by atoms with Crippen LogP contribution in [-0.4, -0.2) is 34.5 Å². The molecule has 132 valence electrons. The summed E-state index contributed by atoms with van der Waals surface area (Å²) in [4.78, 5) is 8.16. The summed E-state index contributed by atoms with van der Waals surface area (Å²) >= 11 is 2.07. The number of H-pyrrole nitrogens is 1. The van der Waals surface area contributed by atoms with Crippen molar-refractivity contribution in [3.63, 3.8) is 0 Å². The van der Waals surface area contributed by atoms with Gasteiger partial charge in [0.05, 0.1) is 6.54 Å². The number of hydrogen-bond acceptors (Lipinski definition) is 2. The predicted molar refractivity (Wildman–Crippen MR) is 117 cm³/mol. The Bertz CT molecular complexity index is 643. The van der Waals surface area contributed by atoms with E-state index in [1.54, 1.807) is 0 Å². The minimum absolute atomic E-state index is 0. The number of nitrogens with one attached hydrogen (secondary N) is 3. The van der Waals surface area contributed by atoms with E-state index in [2.05, 4.69) is 71.6 Å². The molecule has 1 atom stereocenters. The quantitative estimate of drug-likeness (QED) is 0.359. The molecule has 0 radical (unpaired) electrons. The maximum atomic E-state index is 4.72. The molecule has 0 amide bonds. The molecule has 0 aliphatic carbocycles. The average molecular weight is 458 g/mol. The van der Waals surface area contributed by atoms with Gasteiger partial charge in [0.15, 0.2) is 5.96 Å². The highest BCUT2D eigenvalue weighted by atomic mass is 127. The van der Waals surface area contributed by atoms with Gasteiger partial charge in [0.2, 0.25) is 0 Å². The SMILES string of the molecule is CCNC(=NCc1cc2ccccc2[nH]1)NCC1(C)CCCS1.I. The van der Waals surface area contributed by atoms with E-state index < -0.39 is 0 Å². The van der Waals surface area contributed by atoms with E-state index in [9.17, 15) is 0 Å². The Morgan fingerprint density at radius 2 is 2.17 bits per heavy atom. The third-order valence-corrected chi connectivity index (χ3v) is 5.81. The molecule has 1 aliphatic rings. The van der Waals surface area contributed by atoms with Crippen molar-refractivity contribution < 1.29 is 0 Å². The molecule has 3 rings (SSSR count). The van der Waals surface area contributed by atoms with E-state index in [4.69, 9.17) is 4.99 Å². The van der Waals surface area contributed by atoms with Gasteiger partial charge in [-0.25, -0.2) is 4.99 Å². The van der Waals surface area contributed by atoms with Crippen LogP contribution >= 0.6 is 35.7 Å². The van der Waals surface area contributed by atoms with Crippen LogP contribution in [0.3, 0.4) is 0 Å². The Morgan fingerprint density at radius 3 is 2.88 bits per heavy atom. The number of halogens is 1. The number of para-hydroxylation sites is 1. The Hall–Kier alpha value is -0.890. The van der Waals surface area contributed by atoms with Gasteiger partial charge < -0.3 is 15.6 Å². The van der Waals surface area contributed by atoms with Gasteiger partial charge in [-0.3, -0.25) is 0 Å². The van der Waals surface area contributed by atoms with Gasteiger partial charge in [-0.15, -0.1) is 24.0 Å². The zero-order chi connectivity index (χ0) is 16.1. The number of aromatic amines is 1. The number of guanidine groups is 1. The van der Waals surface area contributed by atoms with Gasteiger partial charge in [0, 0.05) is 29.0 Å². The van der Waals surface area contributed by atoms with Crippen molar-refractivity contribution in [3.05, 3.63) is 36.0 Å². The molecular formula is C18H27IN4S. The summed E-state index contributed by atoms with van der Waals surface area (Å²) in [5.74, 6) is 2.18. The molecule has 0 bridgehead atoms. The number of nitrogens with zero attached hydrogens (tertiary/aromatic N) is 1. The van der Waals surface area contributed by atoms with Gasteiger partial charge in [0.25, 0.3) is 0 Å². The highest BCUT2D eigenvalue weighted by Gasteiger charge is 2.29. The third-order valence-electron chi connectivity index (χ3n) is 4.27. The van der Waals surface area contributed by atoms with Crippen LogP contribution in [0.1, 0.15) is 32.4 Å². The van der Waals surface area contributed by atoms with Crippen LogP contribution in [0, 0.1) is 0 Å². The van der Waals surface area contributed by atoms with Crippen LogP contribution in [0.4, 0.5) is 0 Å².